The summed E-state index contributed by atoms with van der Waals surface area (Å²) in [7, 11) is 3.31. The molecule has 26 heavy (non-hydrogen) atoms. The number of methoxy groups -OCH3 is 1. The zero-order chi connectivity index (χ0) is 18.1. The van der Waals surface area contributed by atoms with E-state index in [4.69, 9.17) is 9.47 Å². The number of H-pyrrole nitrogens is 1. The van der Waals surface area contributed by atoms with Gasteiger partial charge in [-0.25, -0.2) is 0 Å². The van der Waals surface area contributed by atoms with Crippen LogP contribution in [0.5, 0.6) is 11.6 Å². The molecule has 1 N–H and O–H groups in total. The lowest BCUT2D eigenvalue weighted by Gasteiger charge is -2.32. The topological polar surface area (TPSA) is 72.4 Å². The second-order valence-electron chi connectivity index (χ2n) is 6.53. The molecule has 136 valence electrons. The van der Waals surface area contributed by atoms with Gasteiger partial charge in [-0.15, -0.1) is 5.10 Å². The van der Waals surface area contributed by atoms with Crippen molar-refractivity contribution in [3.8, 4) is 11.6 Å². The lowest BCUT2D eigenvalue weighted by Crippen LogP contribution is -2.41. The van der Waals surface area contributed by atoms with Crippen LogP contribution in [0.3, 0.4) is 0 Å². The third-order valence-corrected chi connectivity index (χ3v) is 4.80. The van der Waals surface area contributed by atoms with Crippen molar-refractivity contribution in [3.05, 3.63) is 42.2 Å². The predicted molar refractivity (Wildman–Crippen MR) is 97.6 cm³/mol. The number of amides is 1. The van der Waals surface area contributed by atoms with Crippen molar-refractivity contribution in [1.29, 1.82) is 0 Å². The summed E-state index contributed by atoms with van der Waals surface area (Å²) in [5, 5.41) is 5.25. The van der Waals surface area contributed by atoms with Gasteiger partial charge in [0.2, 0.25) is 5.88 Å². The molecule has 7 nitrogen and oxygen atoms in total. The van der Waals surface area contributed by atoms with Crippen molar-refractivity contribution < 1.29 is 14.3 Å². The number of fused-ring (bicyclic) bond motifs is 1. The Morgan fingerprint density at radius 3 is 2.85 bits per heavy atom. The van der Waals surface area contributed by atoms with Crippen LogP contribution in [0.4, 0.5) is 0 Å². The Morgan fingerprint density at radius 1 is 1.27 bits per heavy atom. The lowest BCUT2D eigenvalue weighted by atomic mass is 10.1. The molecule has 3 heterocycles. The molecule has 7 heteroatoms. The number of ether oxygens (including phenoxy) is 2. The van der Waals surface area contributed by atoms with Gasteiger partial charge in [0, 0.05) is 56.3 Å². The Labute approximate surface area is 151 Å². The van der Waals surface area contributed by atoms with Crippen LogP contribution in [-0.2, 0) is 7.05 Å². The molecule has 0 unspecified atom stereocenters. The number of benzene rings is 1. The SMILES string of the molecule is COc1nn(C)cc1C(=O)N1CCC(Oc2cccc3[nH]ccc23)CC1. The largest absolute Gasteiger partial charge is 0.490 e. The lowest BCUT2D eigenvalue weighted by molar-refractivity contribution is 0.0595. The zero-order valence-electron chi connectivity index (χ0n) is 14.9. The molecule has 0 saturated carbocycles. The highest BCUT2D eigenvalue weighted by Crippen LogP contribution is 2.28. The number of carbonyl (C=O) groups is 1. The van der Waals surface area contributed by atoms with Gasteiger partial charge in [-0.3, -0.25) is 9.48 Å². The highest BCUT2D eigenvalue weighted by Gasteiger charge is 2.28. The average molecular weight is 354 g/mol. The van der Waals surface area contributed by atoms with Crippen LogP contribution in [0.15, 0.2) is 36.7 Å². The number of hydrogen-bond acceptors (Lipinski definition) is 4. The third kappa shape index (κ3) is 3.00. The minimum Gasteiger partial charge on any atom is -0.490 e. The Hall–Kier alpha value is -2.96. The van der Waals surface area contributed by atoms with Crippen molar-refractivity contribution in [2.75, 3.05) is 20.2 Å². The number of nitrogens with zero attached hydrogens (tertiary/aromatic N) is 3. The van der Waals surface area contributed by atoms with Gasteiger partial charge in [-0.2, -0.15) is 0 Å². The highest BCUT2D eigenvalue weighted by molar-refractivity contribution is 5.96. The van der Waals surface area contributed by atoms with Crippen LogP contribution in [-0.4, -0.2) is 51.9 Å². The van der Waals surface area contributed by atoms with E-state index in [9.17, 15) is 4.79 Å². The van der Waals surface area contributed by atoms with E-state index in [1.54, 1.807) is 17.9 Å². The average Bonchev–Trinajstić information content (AvgIpc) is 3.28. The maximum atomic E-state index is 12.7. The van der Waals surface area contributed by atoms with Gasteiger partial charge < -0.3 is 19.4 Å². The summed E-state index contributed by atoms with van der Waals surface area (Å²) in [5.74, 6) is 1.22. The number of hydrogen-bond donors (Lipinski definition) is 1. The monoisotopic (exact) mass is 354 g/mol. The normalized spacial score (nSPS) is 15.4. The summed E-state index contributed by atoms with van der Waals surface area (Å²) in [6.45, 7) is 1.31. The highest BCUT2D eigenvalue weighted by atomic mass is 16.5. The fraction of sp³-hybridized carbons (Fsp3) is 0.368. The molecule has 1 fully saturated rings. The molecule has 0 spiro atoms. The van der Waals surface area contributed by atoms with Gasteiger partial charge in [0.1, 0.15) is 17.4 Å². The summed E-state index contributed by atoms with van der Waals surface area (Å²) in [6.07, 6.45) is 5.33. The van der Waals surface area contributed by atoms with Crippen LogP contribution in [0.2, 0.25) is 0 Å². The molecule has 3 aromatic rings. The predicted octanol–water partition coefficient (Wildman–Crippen LogP) is 2.59. The Kier molecular flexibility index (Phi) is 4.28. The molecule has 0 bridgehead atoms. The Balaban J connectivity index is 1.41. The molecular weight excluding hydrogens is 332 g/mol. The fourth-order valence-corrected chi connectivity index (χ4v) is 3.45. The van der Waals surface area contributed by atoms with Crippen molar-refractivity contribution in [1.82, 2.24) is 19.7 Å². The van der Waals surface area contributed by atoms with Crippen molar-refractivity contribution >= 4 is 16.8 Å². The molecule has 1 amide bonds. The number of carbonyl (C=O) groups excluding carboxylic acids is 1. The van der Waals surface area contributed by atoms with Gasteiger partial charge in [-0.1, -0.05) is 6.07 Å². The maximum absolute atomic E-state index is 12.7. The minimum atomic E-state index is -0.0406. The van der Waals surface area contributed by atoms with Crippen molar-refractivity contribution in [2.24, 2.45) is 7.05 Å². The van der Waals surface area contributed by atoms with E-state index < -0.39 is 0 Å². The van der Waals surface area contributed by atoms with Gasteiger partial charge in [0.25, 0.3) is 5.91 Å². The number of nitrogens with one attached hydrogen (secondary N) is 1. The first-order chi connectivity index (χ1) is 12.7. The van der Waals surface area contributed by atoms with Gasteiger partial charge in [0.05, 0.1) is 7.11 Å². The van der Waals surface area contributed by atoms with Crippen LogP contribution < -0.4 is 9.47 Å². The molecule has 2 aromatic heterocycles. The standard InChI is InChI=1S/C19H22N4O3/c1-22-12-15(18(21-22)25-2)19(24)23-10-7-13(8-11-23)26-17-5-3-4-16-14(17)6-9-20-16/h3-6,9,12-13,20H,7-8,10-11H2,1-2H3. The summed E-state index contributed by atoms with van der Waals surface area (Å²) in [6, 6.07) is 8.04. The smallest absolute Gasteiger partial charge is 0.260 e. The second kappa shape index (κ2) is 6.74. The number of rotatable bonds is 4. The molecule has 1 aromatic carbocycles. The quantitative estimate of drug-likeness (QED) is 0.782. The first kappa shape index (κ1) is 16.5. The van der Waals surface area contributed by atoms with Gasteiger partial charge in [-0.05, 0) is 18.2 Å². The van der Waals surface area contributed by atoms with E-state index in [1.807, 2.05) is 35.4 Å². The molecule has 0 aliphatic carbocycles. The van der Waals surface area contributed by atoms with E-state index >= 15 is 0 Å². The number of aromatic amines is 1. The van der Waals surface area contributed by atoms with E-state index in [2.05, 4.69) is 10.1 Å². The molecule has 1 aliphatic heterocycles. The first-order valence-electron chi connectivity index (χ1n) is 8.75. The molecule has 4 rings (SSSR count). The summed E-state index contributed by atoms with van der Waals surface area (Å²) >= 11 is 0. The molecular formula is C19H22N4O3. The number of aryl methyl sites for hydroxylation is 1. The van der Waals surface area contributed by atoms with E-state index in [0.29, 0.717) is 24.5 Å². The van der Waals surface area contributed by atoms with Crippen molar-refractivity contribution in [2.45, 2.75) is 18.9 Å². The summed E-state index contributed by atoms with van der Waals surface area (Å²) < 4.78 is 13.0. The summed E-state index contributed by atoms with van der Waals surface area (Å²) in [4.78, 5) is 17.8. The number of aromatic nitrogens is 3. The van der Waals surface area contributed by atoms with E-state index in [1.165, 1.54) is 7.11 Å². The fourth-order valence-electron chi connectivity index (χ4n) is 3.45. The summed E-state index contributed by atoms with van der Waals surface area (Å²) in [5.41, 5.74) is 1.57. The molecule has 1 saturated heterocycles. The van der Waals surface area contributed by atoms with Crippen LogP contribution >= 0.6 is 0 Å². The minimum absolute atomic E-state index is 0.0406. The molecule has 1 aliphatic rings. The molecule has 0 radical (unpaired) electrons. The van der Waals surface area contributed by atoms with Gasteiger partial charge in [0.15, 0.2) is 0 Å². The van der Waals surface area contributed by atoms with Crippen LogP contribution in [0.25, 0.3) is 10.9 Å². The van der Waals surface area contributed by atoms with E-state index in [-0.39, 0.29) is 12.0 Å². The van der Waals surface area contributed by atoms with Crippen molar-refractivity contribution in [3.63, 3.8) is 0 Å². The van der Waals surface area contributed by atoms with Crippen LogP contribution in [0, 0.1) is 0 Å². The zero-order valence-corrected chi connectivity index (χ0v) is 14.9. The Bertz CT molecular complexity index is 922. The van der Waals surface area contributed by atoms with E-state index in [0.717, 1.165) is 29.5 Å². The van der Waals surface area contributed by atoms with Crippen LogP contribution in [0.1, 0.15) is 23.2 Å². The third-order valence-electron chi connectivity index (χ3n) is 4.80. The molecule has 0 atom stereocenters. The number of piperidine rings is 1. The maximum Gasteiger partial charge on any atom is 0.260 e. The second-order valence-corrected chi connectivity index (χ2v) is 6.53. The Morgan fingerprint density at radius 2 is 2.08 bits per heavy atom. The van der Waals surface area contributed by atoms with Gasteiger partial charge >= 0.3 is 0 Å². The first-order valence-corrected chi connectivity index (χ1v) is 8.75. The number of likely N-dealkylation sites (tertiary alicyclic amines) is 1.